The zero-order chi connectivity index (χ0) is 15.7. The van der Waals surface area contributed by atoms with Crippen molar-refractivity contribution >= 4 is 22.5 Å². The van der Waals surface area contributed by atoms with Gasteiger partial charge in [-0.15, -0.1) is 0 Å². The summed E-state index contributed by atoms with van der Waals surface area (Å²) in [6.45, 7) is 3.77. The molecule has 1 amide bonds. The monoisotopic (exact) mass is 292 g/mol. The molecule has 3 rings (SSSR count). The fourth-order valence-electron chi connectivity index (χ4n) is 2.51. The van der Waals surface area contributed by atoms with E-state index >= 15 is 0 Å². The quantitative estimate of drug-likeness (QED) is 0.760. The highest BCUT2D eigenvalue weighted by atomic mass is 16.2. The van der Waals surface area contributed by atoms with Gasteiger partial charge in [-0.05, 0) is 37.6 Å². The number of pyridine rings is 1. The SMILES string of the molecule is Cc1ccc(NC(=O)c2c(C)c3ccccc3[nH]c2=O)cc1. The van der Waals surface area contributed by atoms with Crippen LogP contribution in [0.1, 0.15) is 21.5 Å². The van der Waals surface area contributed by atoms with Crippen molar-refractivity contribution < 1.29 is 4.79 Å². The first-order valence-electron chi connectivity index (χ1n) is 7.06. The molecule has 2 aromatic carbocycles. The van der Waals surface area contributed by atoms with E-state index in [0.29, 0.717) is 11.3 Å². The highest BCUT2D eigenvalue weighted by Crippen LogP contribution is 2.18. The molecule has 1 heterocycles. The Balaban J connectivity index is 2.04. The van der Waals surface area contributed by atoms with Crippen LogP contribution in [0.4, 0.5) is 5.69 Å². The molecule has 22 heavy (non-hydrogen) atoms. The fraction of sp³-hybridized carbons (Fsp3) is 0.111. The van der Waals surface area contributed by atoms with Crippen molar-refractivity contribution in [1.29, 1.82) is 0 Å². The van der Waals surface area contributed by atoms with Crippen LogP contribution in [-0.4, -0.2) is 10.9 Å². The van der Waals surface area contributed by atoms with Crippen LogP contribution in [0.15, 0.2) is 53.3 Å². The number of hydrogen-bond acceptors (Lipinski definition) is 2. The lowest BCUT2D eigenvalue weighted by atomic mass is 10.0. The Morgan fingerprint density at radius 3 is 2.41 bits per heavy atom. The van der Waals surface area contributed by atoms with Gasteiger partial charge in [-0.25, -0.2) is 0 Å². The summed E-state index contributed by atoms with van der Waals surface area (Å²) in [6.07, 6.45) is 0. The summed E-state index contributed by atoms with van der Waals surface area (Å²) in [7, 11) is 0. The van der Waals surface area contributed by atoms with Crippen molar-refractivity contribution in [2.75, 3.05) is 5.32 Å². The first kappa shape index (κ1) is 14.1. The second kappa shape index (κ2) is 5.48. The summed E-state index contributed by atoms with van der Waals surface area (Å²) in [6, 6.07) is 14.9. The summed E-state index contributed by atoms with van der Waals surface area (Å²) < 4.78 is 0. The van der Waals surface area contributed by atoms with E-state index in [-0.39, 0.29) is 11.1 Å². The van der Waals surface area contributed by atoms with Gasteiger partial charge in [0.2, 0.25) is 0 Å². The van der Waals surface area contributed by atoms with E-state index < -0.39 is 5.91 Å². The Bertz CT molecular complexity index is 909. The molecule has 0 aliphatic carbocycles. The Hall–Kier alpha value is -2.88. The molecular formula is C18H16N2O2. The number of amides is 1. The molecule has 0 atom stereocenters. The Morgan fingerprint density at radius 1 is 1.00 bits per heavy atom. The molecular weight excluding hydrogens is 276 g/mol. The molecule has 3 aromatic rings. The van der Waals surface area contributed by atoms with Crippen molar-refractivity contribution in [3.05, 3.63) is 75.6 Å². The van der Waals surface area contributed by atoms with Gasteiger partial charge in [0.1, 0.15) is 5.56 Å². The van der Waals surface area contributed by atoms with Gasteiger partial charge in [0.05, 0.1) is 0 Å². The third-order valence-electron chi connectivity index (χ3n) is 3.72. The van der Waals surface area contributed by atoms with Crippen LogP contribution in [0.5, 0.6) is 0 Å². The van der Waals surface area contributed by atoms with Gasteiger partial charge >= 0.3 is 0 Å². The molecule has 0 aliphatic rings. The lowest BCUT2D eigenvalue weighted by Gasteiger charge is -2.09. The highest BCUT2D eigenvalue weighted by Gasteiger charge is 2.16. The molecule has 0 saturated carbocycles. The molecule has 0 radical (unpaired) electrons. The molecule has 4 nitrogen and oxygen atoms in total. The average molecular weight is 292 g/mol. The van der Waals surface area contributed by atoms with Gasteiger partial charge in [0, 0.05) is 16.6 Å². The highest BCUT2D eigenvalue weighted by molar-refractivity contribution is 6.07. The van der Waals surface area contributed by atoms with Gasteiger partial charge < -0.3 is 10.3 Å². The maximum Gasteiger partial charge on any atom is 0.261 e. The molecule has 0 spiro atoms. The molecule has 0 fully saturated rings. The minimum Gasteiger partial charge on any atom is -0.322 e. The van der Waals surface area contributed by atoms with Crippen LogP contribution in [0.25, 0.3) is 10.9 Å². The lowest BCUT2D eigenvalue weighted by molar-refractivity contribution is 0.102. The van der Waals surface area contributed by atoms with Crippen LogP contribution in [0, 0.1) is 13.8 Å². The largest absolute Gasteiger partial charge is 0.322 e. The molecule has 0 aliphatic heterocycles. The summed E-state index contributed by atoms with van der Waals surface area (Å²) in [5, 5.41) is 3.64. The van der Waals surface area contributed by atoms with E-state index in [2.05, 4.69) is 10.3 Å². The van der Waals surface area contributed by atoms with E-state index in [0.717, 1.165) is 16.5 Å². The molecule has 0 bridgehead atoms. The number of nitrogens with one attached hydrogen (secondary N) is 2. The fourth-order valence-corrected chi connectivity index (χ4v) is 2.51. The number of hydrogen-bond donors (Lipinski definition) is 2. The van der Waals surface area contributed by atoms with Crippen LogP contribution in [0.3, 0.4) is 0 Å². The summed E-state index contributed by atoms with van der Waals surface area (Å²) in [5.41, 5.74) is 2.97. The number of benzene rings is 2. The van der Waals surface area contributed by atoms with Crippen molar-refractivity contribution in [3.8, 4) is 0 Å². The standard InChI is InChI=1S/C18H16N2O2/c1-11-7-9-13(10-8-11)19-17(21)16-12(2)14-5-3-4-6-15(14)20-18(16)22/h3-10H,1-2H3,(H,19,21)(H,20,22). The van der Waals surface area contributed by atoms with Gasteiger partial charge in [-0.3, -0.25) is 9.59 Å². The Morgan fingerprint density at radius 2 is 1.68 bits per heavy atom. The van der Waals surface area contributed by atoms with Crippen LogP contribution >= 0.6 is 0 Å². The molecule has 2 N–H and O–H groups in total. The number of carbonyl (C=O) groups excluding carboxylic acids is 1. The van der Waals surface area contributed by atoms with Crippen LogP contribution in [-0.2, 0) is 0 Å². The number of anilines is 1. The van der Waals surface area contributed by atoms with Gasteiger partial charge in [-0.2, -0.15) is 0 Å². The van der Waals surface area contributed by atoms with Gasteiger partial charge in [0.25, 0.3) is 11.5 Å². The molecule has 4 heteroatoms. The second-order valence-corrected chi connectivity index (χ2v) is 5.32. The van der Waals surface area contributed by atoms with Crippen LogP contribution in [0.2, 0.25) is 0 Å². The van der Waals surface area contributed by atoms with E-state index in [1.807, 2.05) is 55.5 Å². The molecule has 110 valence electrons. The van der Waals surface area contributed by atoms with Gasteiger partial charge in [-0.1, -0.05) is 35.9 Å². The second-order valence-electron chi connectivity index (χ2n) is 5.32. The number of aromatic nitrogens is 1. The minimum absolute atomic E-state index is 0.152. The van der Waals surface area contributed by atoms with Crippen molar-refractivity contribution in [2.24, 2.45) is 0 Å². The molecule has 1 aromatic heterocycles. The normalized spacial score (nSPS) is 10.6. The molecule has 0 unspecified atom stereocenters. The Labute approximate surface area is 127 Å². The number of para-hydroxylation sites is 1. The number of fused-ring (bicyclic) bond motifs is 1. The smallest absolute Gasteiger partial charge is 0.261 e. The maximum absolute atomic E-state index is 12.5. The third-order valence-corrected chi connectivity index (χ3v) is 3.72. The summed E-state index contributed by atoms with van der Waals surface area (Å²) in [5.74, 6) is -0.395. The lowest BCUT2D eigenvalue weighted by Crippen LogP contribution is -2.25. The first-order chi connectivity index (χ1) is 10.6. The van der Waals surface area contributed by atoms with Crippen molar-refractivity contribution in [1.82, 2.24) is 4.98 Å². The zero-order valence-electron chi connectivity index (χ0n) is 12.4. The van der Waals surface area contributed by atoms with Crippen molar-refractivity contribution in [2.45, 2.75) is 13.8 Å². The number of carbonyl (C=O) groups is 1. The molecule has 0 saturated heterocycles. The summed E-state index contributed by atoms with van der Waals surface area (Å²) in [4.78, 5) is 27.4. The zero-order valence-corrected chi connectivity index (χ0v) is 12.4. The first-order valence-corrected chi connectivity index (χ1v) is 7.06. The topological polar surface area (TPSA) is 62.0 Å². The Kier molecular flexibility index (Phi) is 3.51. The minimum atomic E-state index is -0.395. The van der Waals surface area contributed by atoms with Gasteiger partial charge in [0.15, 0.2) is 0 Å². The summed E-state index contributed by atoms with van der Waals surface area (Å²) >= 11 is 0. The number of H-pyrrole nitrogens is 1. The van der Waals surface area contributed by atoms with Crippen LogP contribution < -0.4 is 10.9 Å². The van der Waals surface area contributed by atoms with E-state index in [4.69, 9.17) is 0 Å². The third kappa shape index (κ3) is 2.51. The predicted octanol–water partition coefficient (Wildman–Crippen LogP) is 3.40. The number of aryl methyl sites for hydroxylation is 2. The van der Waals surface area contributed by atoms with E-state index in [9.17, 15) is 9.59 Å². The number of aromatic amines is 1. The van der Waals surface area contributed by atoms with E-state index in [1.54, 1.807) is 6.92 Å². The van der Waals surface area contributed by atoms with Crippen molar-refractivity contribution in [3.63, 3.8) is 0 Å². The average Bonchev–Trinajstić information content (AvgIpc) is 2.49. The predicted molar refractivity (Wildman–Crippen MR) is 88.4 cm³/mol. The number of rotatable bonds is 2. The van der Waals surface area contributed by atoms with E-state index in [1.165, 1.54) is 0 Å². The maximum atomic E-state index is 12.5.